The topological polar surface area (TPSA) is 108 Å². The van der Waals surface area contributed by atoms with Crippen molar-refractivity contribution in [2.75, 3.05) is 13.1 Å². The van der Waals surface area contributed by atoms with E-state index < -0.39 is 11.9 Å². The lowest BCUT2D eigenvalue weighted by molar-refractivity contribution is -0.137. The van der Waals surface area contributed by atoms with Crippen molar-refractivity contribution in [1.29, 1.82) is 0 Å². The van der Waals surface area contributed by atoms with Gasteiger partial charge >= 0.3 is 0 Å². The van der Waals surface area contributed by atoms with Gasteiger partial charge in [0.15, 0.2) is 0 Å². The summed E-state index contributed by atoms with van der Waals surface area (Å²) in [6.07, 6.45) is 2.68. The predicted molar refractivity (Wildman–Crippen MR) is 165 cm³/mol. The van der Waals surface area contributed by atoms with Crippen molar-refractivity contribution < 1.29 is 19.2 Å². The molecular formula is C34H42N4O4. The van der Waals surface area contributed by atoms with Crippen LogP contribution < -0.4 is 16.0 Å². The number of hydrogen-bond acceptors (Lipinski definition) is 4. The number of rotatable bonds is 13. The number of nitrogens with one attached hydrogen (secondary N) is 3. The van der Waals surface area contributed by atoms with Crippen LogP contribution in [0.3, 0.4) is 0 Å². The second-order valence-corrected chi connectivity index (χ2v) is 11.4. The number of benzene rings is 3. The van der Waals surface area contributed by atoms with Gasteiger partial charge < -0.3 is 20.9 Å². The van der Waals surface area contributed by atoms with Crippen LogP contribution in [0.15, 0.2) is 72.8 Å². The van der Waals surface area contributed by atoms with E-state index in [1.165, 1.54) is 0 Å². The summed E-state index contributed by atoms with van der Waals surface area (Å²) in [6, 6.07) is 22.2. The Morgan fingerprint density at radius 2 is 1.67 bits per heavy atom. The average Bonchev–Trinajstić information content (AvgIpc) is 3.39. The third kappa shape index (κ3) is 8.18. The third-order valence-corrected chi connectivity index (χ3v) is 7.99. The molecule has 8 heteroatoms. The van der Waals surface area contributed by atoms with Gasteiger partial charge in [0.25, 0.3) is 0 Å². The van der Waals surface area contributed by atoms with Gasteiger partial charge in [-0.05, 0) is 61.9 Å². The lowest BCUT2D eigenvalue weighted by Crippen LogP contribution is -2.52. The smallest absolute Gasteiger partial charge is 0.243 e. The van der Waals surface area contributed by atoms with E-state index in [9.17, 15) is 19.2 Å². The fourth-order valence-electron chi connectivity index (χ4n) is 5.85. The molecule has 3 aromatic carbocycles. The van der Waals surface area contributed by atoms with Crippen molar-refractivity contribution >= 4 is 34.4 Å². The number of carbonyl (C=O) groups is 4. The molecule has 1 heterocycles. The molecule has 0 saturated carbocycles. The fourth-order valence-corrected chi connectivity index (χ4v) is 5.85. The number of fused-ring (bicyclic) bond motifs is 1. The highest BCUT2D eigenvalue weighted by Gasteiger charge is 2.29. The summed E-state index contributed by atoms with van der Waals surface area (Å²) in [5.41, 5.74) is 1.79. The molecule has 4 amide bonds. The monoisotopic (exact) mass is 570 g/mol. The van der Waals surface area contributed by atoms with E-state index in [1.54, 1.807) is 4.90 Å². The Morgan fingerprint density at radius 3 is 2.38 bits per heavy atom. The molecule has 3 atom stereocenters. The molecule has 222 valence electrons. The summed E-state index contributed by atoms with van der Waals surface area (Å²) in [5, 5.41) is 10.7. The van der Waals surface area contributed by atoms with Gasteiger partial charge in [-0.3, -0.25) is 19.2 Å². The second kappa shape index (κ2) is 14.6. The van der Waals surface area contributed by atoms with Crippen LogP contribution >= 0.6 is 0 Å². The molecule has 0 aliphatic carbocycles. The number of amides is 4. The van der Waals surface area contributed by atoms with Crippen LogP contribution in [0, 0.1) is 5.92 Å². The van der Waals surface area contributed by atoms with Crippen molar-refractivity contribution in [3.8, 4) is 0 Å². The summed E-state index contributed by atoms with van der Waals surface area (Å²) in [5.74, 6) is -0.784. The van der Waals surface area contributed by atoms with E-state index in [4.69, 9.17) is 0 Å². The van der Waals surface area contributed by atoms with E-state index in [0.717, 1.165) is 34.7 Å². The molecule has 0 bridgehead atoms. The van der Waals surface area contributed by atoms with E-state index in [-0.39, 0.29) is 55.1 Å². The van der Waals surface area contributed by atoms with Gasteiger partial charge in [-0.2, -0.15) is 0 Å². The van der Waals surface area contributed by atoms with Crippen LogP contribution in [0.5, 0.6) is 0 Å². The molecule has 0 radical (unpaired) electrons. The molecule has 1 saturated heterocycles. The van der Waals surface area contributed by atoms with Crippen LogP contribution in [0.2, 0.25) is 0 Å². The summed E-state index contributed by atoms with van der Waals surface area (Å²) < 4.78 is 0. The predicted octanol–water partition coefficient (Wildman–Crippen LogP) is 3.77. The zero-order valence-electron chi connectivity index (χ0n) is 24.8. The maximum Gasteiger partial charge on any atom is 0.243 e. The van der Waals surface area contributed by atoms with Crippen molar-refractivity contribution in [3.05, 3.63) is 83.9 Å². The van der Waals surface area contributed by atoms with E-state index in [1.807, 2.05) is 93.6 Å². The van der Waals surface area contributed by atoms with Crippen LogP contribution in [-0.4, -0.2) is 59.7 Å². The minimum absolute atomic E-state index is 0.00871. The number of carbonyl (C=O) groups excluding carboxylic acids is 4. The maximum atomic E-state index is 13.5. The molecule has 8 nitrogen and oxygen atoms in total. The Labute approximate surface area is 248 Å². The summed E-state index contributed by atoms with van der Waals surface area (Å²) >= 11 is 0. The second-order valence-electron chi connectivity index (χ2n) is 11.4. The first-order valence-electron chi connectivity index (χ1n) is 14.9. The van der Waals surface area contributed by atoms with Crippen molar-refractivity contribution in [2.24, 2.45) is 5.92 Å². The Hall–Kier alpha value is -4.20. The van der Waals surface area contributed by atoms with E-state index in [0.29, 0.717) is 13.0 Å². The number of hydrogen-bond donors (Lipinski definition) is 3. The average molecular weight is 571 g/mol. The zero-order valence-corrected chi connectivity index (χ0v) is 24.8. The highest BCUT2D eigenvalue weighted by molar-refractivity contribution is 5.92. The molecule has 1 fully saturated rings. The Kier molecular flexibility index (Phi) is 10.7. The lowest BCUT2D eigenvalue weighted by atomic mass is 9.97. The quantitative estimate of drug-likeness (QED) is 0.291. The highest BCUT2D eigenvalue weighted by atomic mass is 16.2. The van der Waals surface area contributed by atoms with Crippen LogP contribution in [0.4, 0.5) is 0 Å². The van der Waals surface area contributed by atoms with Gasteiger partial charge in [-0.1, -0.05) is 72.8 Å². The van der Waals surface area contributed by atoms with E-state index >= 15 is 0 Å². The SMILES string of the molecule is CC(C)N(C(=O)CNC(=O)C(Cc1cccc2ccccc12)NC(=O)Cc1ccccc1)C(C)CCC1CCNC1=O. The molecule has 3 unspecified atom stereocenters. The Balaban J connectivity index is 1.43. The van der Waals surface area contributed by atoms with Gasteiger partial charge in [0.2, 0.25) is 23.6 Å². The molecule has 1 aliphatic rings. The Bertz CT molecular complexity index is 1390. The number of nitrogens with zero attached hydrogens (tertiary/aromatic N) is 1. The first-order valence-corrected chi connectivity index (χ1v) is 14.9. The van der Waals surface area contributed by atoms with Gasteiger partial charge in [0.1, 0.15) is 6.04 Å². The van der Waals surface area contributed by atoms with Gasteiger partial charge in [0.05, 0.1) is 13.0 Å². The van der Waals surface area contributed by atoms with Crippen LogP contribution in [0.1, 0.15) is 51.2 Å². The highest BCUT2D eigenvalue weighted by Crippen LogP contribution is 2.21. The standard InChI is InChI=1S/C34H42N4O4/c1-23(2)38(24(3)16-17-27-18-19-35-33(27)41)32(40)22-36-34(42)30(37-31(39)20-25-10-5-4-6-11-25)21-28-14-9-13-26-12-7-8-15-29(26)28/h4-15,23-24,27,30H,16-22H2,1-3H3,(H,35,41)(H,36,42)(H,37,39). The fraction of sp³-hybridized carbons (Fsp3) is 0.412. The van der Waals surface area contributed by atoms with Gasteiger partial charge in [0, 0.05) is 31.0 Å². The first kappa shape index (κ1) is 30.8. The third-order valence-electron chi connectivity index (χ3n) is 7.99. The maximum absolute atomic E-state index is 13.5. The summed E-state index contributed by atoms with van der Waals surface area (Å²) in [4.78, 5) is 53.7. The summed E-state index contributed by atoms with van der Waals surface area (Å²) in [7, 11) is 0. The van der Waals surface area contributed by atoms with E-state index in [2.05, 4.69) is 16.0 Å². The normalized spacial score (nSPS) is 16.1. The van der Waals surface area contributed by atoms with Crippen LogP contribution in [0.25, 0.3) is 10.8 Å². The lowest BCUT2D eigenvalue weighted by Gasteiger charge is -2.33. The van der Waals surface area contributed by atoms with Crippen molar-refractivity contribution in [2.45, 2.75) is 71.0 Å². The largest absolute Gasteiger partial charge is 0.356 e. The van der Waals surface area contributed by atoms with Gasteiger partial charge in [-0.15, -0.1) is 0 Å². The van der Waals surface area contributed by atoms with Crippen LogP contribution in [-0.2, 0) is 32.0 Å². The molecule has 1 aliphatic heterocycles. The first-order chi connectivity index (χ1) is 20.2. The molecule has 3 N–H and O–H groups in total. The Morgan fingerprint density at radius 1 is 0.952 bits per heavy atom. The molecule has 4 rings (SSSR count). The molecule has 42 heavy (non-hydrogen) atoms. The van der Waals surface area contributed by atoms with Crippen molar-refractivity contribution in [3.63, 3.8) is 0 Å². The molecular weight excluding hydrogens is 528 g/mol. The minimum Gasteiger partial charge on any atom is -0.356 e. The van der Waals surface area contributed by atoms with Crippen molar-refractivity contribution in [1.82, 2.24) is 20.9 Å². The molecule has 3 aromatic rings. The minimum atomic E-state index is -0.856. The molecule has 0 aromatic heterocycles. The molecule has 0 spiro atoms. The van der Waals surface area contributed by atoms with Gasteiger partial charge in [-0.25, -0.2) is 0 Å². The zero-order chi connectivity index (χ0) is 30.1. The summed E-state index contributed by atoms with van der Waals surface area (Å²) in [6.45, 7) is 6.42.